The Kier molecular flexibility index (Phi) is 3.90. The molecule has 3 N–H and O–H groups in total. The van der Waals surface area contributed by atoms with Gasteiger partial charge in [0, 0.05) is 11.1 Å². The minimum atomic E-state index is -0.917. The lowest BCUT2D eigenvalue weighted by Crippen LogP contribution is -2.38. The van der Waals surface area contributed by atoms with Crippen LogP contribution in [0, 0.1) is 0 Å². The summed E-state index contributed by atoms with van der Waals surface area (Å²) in [7, 11) is 0. The third-order valence-corrected chi connectivity index (χ3v) is 5.83. The van der Waals surface area contributed by atoms with Gasteiger partial charge in [0.2, 0.25) is 0 Å². The lowest BCUT2D eigenvalue weighted by molar-refractivity contribution is 0.103. The maximum Gasteiger partial charge on any atom is 0.193 e. The van der Waals surface area contributed by atoms with Gasteiger partial charge in [0.15, 0.2) is 5.78 Å². The topological polar surface area (TPSA) is 77.8 Å². The Balaban J connectivity index is 1.99. The van der Waals surface area contributed by atoms with Crippen LogP contribution in [0.25, 0.3) is 0 Å². The first-order chi connectivity index (χ1) is 14.5. The number of benzene rings is 4. The molecule has 4 aromatic rings. The van der Waals surface area contributed by atoms with Gasteiger partial charge in [-0.3, -0.25) is 4.79 Å². The molecule has 4 heteroatoms. The van der Waals surface area contributed by atoms with E-state index in [0.29, 0.717) is 16.7 Å². The van der Waals surface area contributed by atoms with E-state index in [1.807, 2.05) is 48.5 Å². The van der Waals surface area contributed by atoms with Crippen LogP contribution in [0.2, 0.25) is 0 Å². The number of carbonyl (C=O) groups is 1. The third kappa shape index (κ3) is 2.44. The Morgan fingerprint density at radius 2 is 1.03 bits per heavy atom. The van der Waals surface area contributed by atoms with Gasteiger partial charge < -0.3 is 15.3 Å². The van der Waals surface area contributed by atoms with Gasteiger partial charge in [-0.1, -0.05) is 48.5 Å². The van der Waals surface area contributed by atoms with E-state index >= 15 is 0 Å². The Morgan fingerprint density at radius 1 is 0.533 bits per heavy atom. The molecule has 0 fully saturated rings. The summed E-state index contributed by atoms with van der Waals surface area (Å²) >= 11 is 0. The van der Waals surface area contributed by atoms with Gasteiger partial charge in [-0.25, -0.2) is 0 Å². The van der Waals surface area contributed by atoms with Crippen molar-refractivity contribution in [3.63, 3.8) is 0 Å². The molecule has 0 radical (unpaired) electrons. The van der Waals surface area contributed by atoms with Crippen molar-refractivity contribution in [2.75, 3.05) is 0 Å². The number of hydrogen-bond donors (Lipinski definition) is 3. The molecule has 5 rings (SSSR count). The summed E-state index contributed by atoms with van der Waals surface area (Å²) in [6.45, 7) is 0. The van der Waals surface area contributed by atoms with E-state index in [2.05, 4.69) is 0 Å². The normalized spacial score (nSPS) is 14.1. The van der Waals surface area contributed by atoms with Crippen molar-refractivity contribution in [3.05, 3.63) is 124 Å². The molecule has 146 valence electrons. The van der Waals surface area contributed by atoms with E-state index in [9.17, 15) is 20.1 Å². The Bertz CT molecular complexity index is 1230. The molecule has 0 saturated carbocycles. The standard InChI is InChI=1S/C26H18O4/c27-18-9-5-16(6-10-18)26(17-7-11-19(28)12-8-17)23-4-2-1-3-21(23)25(30)22-14-13-20(29)15-24(22)26/h1-15,27-29H. The van der Waals surface area contributed by atoms with Gasteiger partial charge >= 0.3 is 0 Å². The summed E-state index contributed by atoms with van der Waals surface area (Å²) < 4.78 is 0. The monoisotopic (exact) mass is 394 g/mol. The summed E-state index contributed by atoms with van der Waals surface area (Å²) in [5.74, 6) is 0.225. The number of aromatic hydroxyl groups is 3. The average molecular weight is 394 g/mol. The van der Waals surface area contributed by atoms with Crippen molar-refractivity contribution in [2.45, 2.75) is 5.41 Å². The Hall–Kier alpha value is -4.05. The lowest BCUT2D eigenvalue weighted by Gasteiger charge is -2.41. The van der Waals surface area contributed by atoms with Crippen LogP contribution in [-0.4, -0.2) is 21.1 Å². The van der Waals surface area contributed by atoms with Crippen LogP contribution in [0.5, 0.6) is 17.2 Å². The quantitative estimate of drug-likeness (QED) is 0.404. The van der Waals surface area contributed by atoms with Crippen molar-refractivity contribution in [1.82, 2.24) is 0 Å². The zero-order chi connectivity index (χ0) is 20.9. The second-order valence-electron chi connectivity index (χ2n) is 7.45. The maximum absolute atomic E-state index is 13.3. The van der Waals surface area contributed by atoms with E-state index in [1.165, 1.54) is 6.07 Å². The van der Waals surface area contributed by atoms with E-state index in [-0.39, 0.29) is 23.0 Å². The highest BCUT2D eigenvalue weighted by molar-refractivity contribution is 6.14. The van der Waals surface area contributed by atoms with Crippen molar-refractivity contribution in [3.8, 4) is 17.2 Å². The maximum atomic E-state index is 13.3. The van der Waals surface area contributed by atoms with Crippen LogP contribution < -0.4 is 0 Å². The number of carbonyl (C=O) groups excluding carboxylic acids is 1. The van der Waals surface area contributed by atoms with Crippen LogP contribution in [-0.2, 0) is 5.41 Å². The average Bonchev–Trinajstić information content (AvgIpc) is 2.76. The number of ketones is 1. The van der Waals surface area contributed by atoms with Gasteiger partial charge in [-0.05, 0) is 64.7 Å². The summed E-state index contributed by atoms with van der Waals surface area (Å²) in [5.41, 5.74) is 3.27. The van der Waals surface area contributed by atoms with E-state index in [0.717, 1.165) is 16.7 Å². The number of phenolic OH excluding ortho intramolecular Hbond substituents is 3. The van der Waals surface area contributed by atoms with E-state index in [1.54, 1.807) is 36.4 Å². The molecule has 0 aromatic heterocycles. The van der Waals surface area contributed by atoms with Crippen LogP contribution in [0.15, 0.2) is 91.0 Å². The van der Waals surface area contributed by atoms with E-state index in [4.69, 9.17) is 0 Å². The van der Waals surface area contributed by atoms with Gasteiger partial charge in [0.05, 0.1) is 5.41 Å². The fourth-order valence-electron chi connectivity index (χ4n) is 4.55. The zero-order valence-corrected chi connectivity index (χ0v) is 15.9. The van der Waals surface area contributed by atoms with Crippen LogP contribution >= 0.6 is 0 Å². The highest BCUT2D eigenvalue weighted by atomic mass is 16.3. The summed E-state index contributed by atoms with van der Waals surface area (Å²) in [5, 5.41) is 30.1. The zero-order valence-electron chi connectivity index (χ0n) is 15.9. The molecule has 30 heavy (non-hydrogen) atoms. The molecule has 0 aliphatic heterocycles. The van der Waals surface area contributed by atoms with Crippen molar-refractivity contribution in [1.29, 1.82) is 0 Å². The molecule has 0 saturated heterocycles. The lowest BCUT2D eigenvalue weighted by atomic mass is 9.59. The van der Waals surface area contributed by atoms with Gasteiger partial charge in [0.25, 0.3) is 0 Å². The second kappa shape index (κ2) is 6.49. The third-order valence-electron chi connectivity index (χ3n) is 5.83. The smallest absolute Gasteiger partial charge is 0.193 e. The fraction of sp³-hybridized carbons (Fsp3) is 0.0385. The first-order valence-corrected chi connectivity index (χ1v) is 9.58. The molecule has 4 aromatic carbocycles. The highest BCUT2D eigenvalue weighted by Gasteiger charge is 2.46. The molecule has 0 spiro atoms. The first-order valence-electron chi connectivity index (χ1n) is 9.58. The molecule has 4 nitrogen and oxygen atoms in total. The minimum absolute atomic E-state index is 0.0582. The summed E-state index contributed by atoms with van der Waals surface area (Å²) in [4.78, 5) is 13.3. The number of hydrogen-bond acceptors (Lipinski definition) is 4. The van der Waals surface area contributed by atoms with Crippen LogP contribution in [0.1, 0.15) is 38.2 Å². The van der Waals surface area contributed by atoms with Gasteiger partial charge in [-0.15, -0.1) is 0 Å². The van der Waals surface area contributed by atoms with Crippen molar-refractivity contribution in [2.24, 2.45) is 0 Å². The number of fused-ring (bicyclic) bond motifs is 2. The van der Waals surface area contributed by atoms with E-state index < -0.39 is 5.41 Å². The van der Waals surface area contributed by atoms with Gasteiger partial charge in [0.1, 0.15) is 17.2 Å². The summed E-state index contributed by atoms with van der Waals surface area (Å²) in [6.07, 6.45) is 0. The highest BCUT2D eigenvalue weighted by Crippen LogP contribution is 2.51. The van der Waals surface area contributed by atoms with Crippen molar-refractivity contribution >= 4 is 5.78 Å². The molecule has 0 bridgehead atoms. The number of phenols is 3. The van der Waals surface area contributed by atoms with Gasteiger partial charge in [-0.2, -0.15) is 0 Å². The molecular weight excluding hydrogens is 376 g/mol. The molecule has 1 aliphatic rings. The molecule has 0 unspecified atom stereocenters. The molecule has 0 heterocycles. The predicted octanol–water partition coefficient (Wildman–Crippen LogP) is 4.73. The second-order valence-corrected chi connectivity index (χ2v) is 7.45. The van der Waals surface area contributed by atoms with Crippen LogP contribution in [0.3, 0.4) is 0 Å². The Morgan fingerprint density at radius 3 is 1.63 bits per heavy atom. The molecular formula is C26H18O4. The molecule has 0 amide bonds. The molecule has 1 aliphatic carbocycles. The predicted molar refractivity (Wildman–Crippen MR) is 113 cm³/mol. The largest absolute Gasteiger partial charge is 0.508 e. The first kappa shape index (κ1) is 18.0. The summed E-state index contributed by atoms with van der Waals surface area (Å²) in [6, 6.07) is 26.0. The van der Waals surface area contributed by atoms with Crippen LogP contribution in [0.4, 0.5) is 0 Å². The fourth-order valence-corrected chi connectivity index (χ4v) is 4.55. The number of rotatable bonds is 2. The Labute approximate surface area is 173 Å². The minimum Gasteiger partial charge on any atom is -0.508 e. The molecule has 0 atom stereocenters. The van der Waals surface area contributed by atoms with Crippen molar-refractivity contribution < 1.29 is 20.1 Å². The SMILES string of the molecule is O=C1c2ccccc2C(c2ccc(O)cc2)(c2ccc(O)cc2)c2cc(O)ccc21.